The van der Waals surface area contributed by atoms with Crippen LogP contribution in [0.25, 0.3) is 121 Å². The van der Waals surface area contributed by atoms with Crippen LogP contribution in [0, 0.1) is 0 Å². The van der Waals surface area contributed by atoms with Gasteiger partial charge in [0, 0.05) is 4.47 Å². The van der Waals surface area contributed by atoms with E-state index in [4.69, 9.17) is 7.85 Å². The molecule has 0 nitrogen and oxygen atoms in total. The van der Waals surface area contributed by atoms with Crippen LogP contribution in [0.2, 0.25) is 0 Å². The Morgan fingerprint density at radius 1 is 0.258 bits per heavy atom. The van der Waals surface area contributed by atoms with Crippen molar-refractivity contribution in [3.05, 3.63) is 223 Å². The second kappa shape index (κ2) is 14.7. The Labute approximate surface area is 370 Å². The lowest BCUT2D eigenvalue weighted by Gasteiger charge is -2.26. The lowest BCUT2D eigenvalue weighted by molar-refractivity contribution is 1.58. The molecule has 62 heavy (non-hydrogen) atoms. The third-order valence-electron chi connectivity index (χ3n) is 12.7. The molecule has 0 aromatic heterocycles. The summed E-state index contributed by atoms with van der Waals surface area (Å²) in [6, 6.07) is 79.8. The van der Waals surface area contributed by atoms with Crippen LogP contribution in [0.4, 0.5) is 0 Å². The van der Waals surface area contributed by atoms with Crippen LogP contribution in [0.15, 0.2) is 223 Å². The summed E-state index contributed by atoms with van der Waals surface area (Å²) in [6.45, 7) is 0. The molecular formula is C60H36BBr. The third kappa shape index (κ3) is 5.75. The zero-order valence-corrected chi connectivity index (χ0v) is 35.3. The SMILES string of the molecule is [B]c1cccc(-c2cc(-c3ccccc3)c3c4cccc5c6c(-c7ccccc7)c(-c7cccc(Br)c7)cc(-c7ccccc7)c6c6cccc(c3c2-c2ccccc2)c6c45)c1. The Balaban J connectivity index is 1.39. The fourth-order valence-electron chi connectivity index (χ4n) is 10.3. The molecule has 0 aliphatic heterocycles. The maximum Gasteiger partial charge on any atom is 0.113 e. The van der Waals surface area contributed by atoms with Gasteiger partial charge in [-0.15, -0.1) is 0 Å². The fraction of sp³-hybridized carbons (Fsp3) is 0. The highest BCUT2D eigenvalue weighted by Gasteiger charge is 2.27. The number of halogens is 1. The first-order chi connectivity index (χ1) is 30.6. The van der Waals surface area contributed by atoms with E-state index < -0.39 is 0 Å². The summed E-state index contributed by atoms with van der Waals surface area (Å²) in [5.41, 5.74) is 14.9. The minimum absolute atomic E-state index is 0.745. The molecule has 0 N–H and O–H groups in total. The first-order valence-corrected chi connectivity index (χ1v) is 21.9. The number of hydrogen-bond donors (Lipinski definition) is 0. The molecule has 0 saturated carbocycles. The highest BCUT2D eigenvalue weighted by Crippen LogP contribution is 2.55. The summed E-state index contributed by atoms with van der Waals surface area (Å²) in [6.07, 6.45) is 0. The molecule has 0 heterocycles. The molecular weight excluding hydrogens is 811 g/mol. The summed E-state index contributed by atoms with van der Waals surface area (Å²) in [5, 5.41) is 12.6. The lowest BCUT2D eigenvalue weighted by Crippen LogP contribution is -2.02. The lowest BCUT2D eigenvalue weighted by atomic mass is 9.76. The van der Waals surface area contributed by atoms with Crippen molar-refractivity contribution in [3.63, 3.8) is 0 Å². The Bertz CT molecular complexity index is 3430. The largest absolute Gasteiger partial charge is 0.113 e. The predicted octanol–water partition coefficient (Wildman–Crippen LogP) is 16.4. The molecule has 12 rings (SSSR count). The average Bonchev–Trinajstić information content (AvgIpc) is 3.33. The van der Waals surface area contributed by atoms with Gasteiger partial charge in [-0.1, -0.05) is 216 Å². The van der Waals surface area contributed by atoms with Crippen LogP contribution in [-0.4, -0.2) is 7.85 Å². The molecule has 0 spiro atoms. The number of rotatable bonds is 6. The summed E-state index contributed by atoms with van der Waals surface area (Å²) in [4.78, 5) is 0. The Hall–Kier alpha value is -7.26. The van der Waals surface area contributed by atoms with Crippen molar-refractivity contribution in [2.75, 3.05) is 0 Å². The first-order valence-electron chi connectivity index (χ1n) is 21.2. The van der Waals surface area contributed by atoms with Crippen molar-refractivity contribution in [1.29, 1.82) is 0 Å². The zero-order valence-electron chi connectivity index (χ0n) is 33.7. The van der Waals surface area contributed by atoms with E-state index in [1.807, 2.05) is 6.07 Å². The first kappa shape index (κ1) is 36.6. The molecule has 0 aliphatic carbocycles. The number of fused-ring (bicyclic) bond motifs is 6. The van der Waals surface area contributed by atoms with Gasteiger partial charge >= 0.3 is 0 Å². The monoisotopic (exact) mass is 846 g/mol. The third-order valence-corrected chi connectivity index (χ3v) is 13.2. The average molecular weight is 848 g/mol. The van der Waals surface area contributed by atoms with Gasteiger partial charge < -0.3 is 0 Å². The molecule has 0 fully saturated rings. The molecule has 0 amide bonds. The van der Waals surface area contributed by atoms with E-state index in [1.54, 1.807) is 0 Å². The standard InChI is InChI=1S/C60H36BBr/c61-43-27-13-25-41(33-43)51-35-49(37-17-5-1-6-18-37)57-45-29-16-32-48-56(45)55-46(30-15-31-47(55)59(57)53(51)39-21-9-3-10-22-39)58-50(38-19-7-2-8-20-38)36-52(42-26-14-28-44(62)34-42)54(60(48)58)40-23-11-4-12-24-40/h1-36H. The summed E-state index contributed by atoms with van der Waals surface area (Å²) in [5.74, 6) is 0. The molecule has 12 aromatic rings. The predicted molar refractivity (Wildman–Crippen MR) is 271 cm³/mol. The summed E-state index contributed by atoms with van der Waals surface area (Å²) < 4.78 is 1.05. The molecule has 286 valence electrons. The van der Waals surface area contributed by atoms with Crippen molar-refractivity contribution in [2.45, 2.75) is 0 Å². The van der Waals surface area contributed by atoms with E-state index in [2.05, 4.69) is 228 Å². The van der Waals surface area contributed by atoms with E-state index in [9.17, 15) is 0 Å². The Morgan fingerprint density at radius 3 is 1.03 bits per heavy atom. The number of hydrogen-bond acceptors (Lipinski definition) is 0. The highest BCUT2D eigenvalue weighted by atomic mass is 79.9. The minimum atomic E-state index is 0.745. The maximum atomic E-state index is 6.57. The van der Waals surface area contributed by atoms with Crippen molar-refractivity contribution in [1.82, 2.24) is 0 Å². The molecule has 0 bridgehead atoms. The van der Waals surface area contributed by atoms with Gasteiger partial charge in [0.05, 0.1) is 0 Å². The molecule has 2 radical (unpaired) electrons. The Morgan fingerprint density at radius 2 is 0.613 bits per heavy atom. The van der Waals surface area contributed by atoms with Gasteiger partial charge in [0.2, 0.25) is 0 Å². The smallest absolute Gasteiger partial charge is 0.0961 e. The van der Waals surface area contributed by atoms with Crippen molar-refractivity contribution in [2.24, 2.45) is 0 Å². The molecule has 0 aliphatic rings. The number of benzene rings is 12. The Kier molecular flexibility index (Phi) is 8.69. The van der Waals surface area contributed by atoms with Gasteiger partial charge in [-0.3, -0.25) is 0 Å². The van der Waals surface area contributed by atoms with E-state index in [0.717, 1.165) is 21.1 Å². The van der Waals surface area contributed by atoms with Gasteiger partial charge in [-0.05, 0) is 145 Å². The van der Waals surface area contributed by atoms with Gasteiger partial charge in [-0.2, -0.15) is 0 Å². The van der Waals surface area contributed by atoms with Crippen molar-refractivity contribution in [3.8, 4) is 66.8 Å². The van der Waals surface area contributed by atoms with E-state index >= 15 is 0 Å². The second-order valence-electron chi connectivity index (χ2n) is 16.2. The zero-order chi connectivity index (χ0) is 41.3. The van der Waals surface area contributed by atoms with Crippen LogP contribution in [0.5, 0.6) is 0 Å². The molecule has 0 unspecified atom stereocenters. The highest BCUT2D eigenvalue weighted by molar-refractivity contribution is 9.10. The summed E-state index contributed by atoms with van der Waals surface area (Å²) >= 11 is 3.83. The van der Waals surface area contributed by atoms with Crippen LogP contribution >= 0.6 is 15.9 Å². The van der Waals surface area contributed by atoms with Crippen molar-refractivity contribution >= 4 is 83.1 Å². The van der Waals surface area contributed by atoms with E-state index in [1.165, 1.54) is 109 Å². The van der Waals surface area contributed by atoms with Gasteiger partial charge in [0.15, 0.2) is 0 Å². The van der Waals surface area contributed by atoms with Crippen LogP contribution in [0.3, 0.4) is 0 Å². The molecule has 0 atom stereocenters. The van der Waals surface area contributed by atoms with Crippen LogP contribution < -0.4 is 5.46 Å². The summed E-state index contributed by atoms with van der Waals surface area (Å²) in [7, 11) is 6.57. The second-order valence-corrected chi connectivity index (χ2v) is 17.2. The quantitative estimate of drug-likeness (QED) is 0.0888. The van der Waals surface area contributed by atoms with Gasteiger partial charge in [0.1, 0.15) is 7.85 Å². The fourth-order valence-corrected chi connectivity index (χ4v) is 10.7. The normalized spacial score (nSPS) is 11.7. The van der Waals surface area contributed by atoms with Crippen molar-refractivity contribution < 1.29 is 0 Å². The molecule has 0 saturated heterocycles. The molecule has 12 aromatic carbocycles. The topological polar surface area (TPSA) is 0 Å². The molecule has 2 heteroatoms. The maximum absolute atomic E-state index is 6.57. The minimum Gasteiger partial charge on any atom is -0.0961 e. The van der Waals surface area contributed by atoms with Gasteiger partial charge in [0.25, 0.3) is 0 Å². The van der Waals surface area contributed by atoms with Crippen LogP contribution in [-0.2, 0) is 0 Å². The van der Waals surface area contributed by atoms with E-state index in [-0.39, 0.29) is 0 Å². The van der Waals surface area contributed by atoms with Crippen LogP contribution in [0.1, 0.15) is 0 Å². The van der Waals surface area contributed by atoms with Gasteiger partial charge in [-0.25, -0.2) is 0 Å². The van der Waals surface area contributed by atoms with E-state index in [0.29, 0.717) is 0 Å².